The molecule has 1 unspecified atom stereocenters. The molecule has 0 spiro atoms. The van der Waals surface area contributed by atoms with Gasteiger partial charge in [-0.2, -0.15) is 0 Å². The number of hydrogen-bond donors (Lipinski definition) is 1. The van der Waals surface area contributed by atoms with E-state index in [-0.39, 0.29) is 11.4 Å². The minimum Gasteiger partial charge on any atom is -0.497 e. The number of nitrogens with zero attached hydrogens (tertiary/aromatic N) is 1. The number of benzene rings is 2. The molecule has 2 amide bonds. The van der Waals surface area contributed by atoms with E-state index in [1.165, 1.54) is 0 Å². The normalized spacial score (nSPS) is 16.6. The summed E-state index contributed by atoms with van der Waals surface area (Å²) in [4.78, 5) is 14.6. The van der Waals surface area contributed by atoms with Crippen LogP contribution in [0.1, 0.15) is 10.9 Å². The van der Waals surface area contributed by atoms with Gasteiger partial charge in [0.2, 0.25) is 0 Å². The highest BCUT2D eigenvalue weighted by Crippen LogP contribution is 2.40. The first kappa shape index (κ1) is 17.9. The summed E-state index contributed by atoms with van der Waals surface area (Å²) >= 11 is 5.15. The highest BCUT2D eigenvalue weighted by Gasteiger charge is 2.31. The molecule has 25 heavy (non-hydrogen) atoms. The van der Waals surface area contributed by atoms with Gasteiger partial charge >= 0.3 is 6.03 Å². The van der Waals surface area contributed by atoms with Gasteiger partial charge in [-0.05, 0) is 35.9 Å². The number of halogens is 1. The molecule has 1 aliphatic heterocycles. The first-order chi connectivity index (χ1) is 12.1. The van der Waals surface area contributed by atoms with Crippen LogP contribution in [0.5, 0.6) is 11.5 Å². The molecule has 5 nitrogen and oxygen atoms in total. The molecule has 0 bridgehead atoms. The number of carbonyl (C=O) groups excluding carboxylic acids is 1. The van der Waals surface area contributed by atoms with Crippen LogP contribution in [0.4, 0.5) is 10.5 Å². The lowest BCUT2D eigenvalue weighted by Gasteiger charge is -2.25. The summed E-state index contributed by atoms with van der Waals surface area (Å²) in [7, 11) is 3.25. The molecular formula is C18H19BrN2O3S. The van der Waals surface area contributed by atoms with Crippen molar-refractivity contribution in [3.05, 3.63) is 52.5 Å². The third-order valence-electron chi connectivity index (χ3n) is 3.89. The van der Waals surface area contributed by atoms with Crippen molar-refractivity contribution in [2.45, 2.75) is 5.37 Å². The molecule has 0 aliphatic carbocycles. The van der Waals surface area contributed by atoms with Gasteiger partial charge in [0.05, 0.1) is 14.2 Å². The highest BCUT2D eigenvalue weighted by atomic mass is 79.9. The van der Waals surface area contributed by atoms with E-state index in [4.69, 9.17) is 9.47 Å². The maximum Gasteiger partial charge on any atom is 0.323 e. The molecule has 1 heterocycles. The molecule has 1 aliphatic rings. The van der Waals surface area contributed by atoms with E-state index < -0.39 is 0 Å². The van der Waals surface area contributed by atoms with Crippen LogP contribution in [0.25, 0.3) is 0 Å². The minimum absolute atomic E-state index is 0.0730. The van der Waals surface area contributed by atoms with Gasteiger partial charge in [-0.25, -0.2) is 4.79 Å². The predicted octanol–water partition coefficient (Wildman–Crippen LogP) is 4.75. The van der Waals surface area contributed by atoms with Crippen molar-refractivity contribution in [3.63, 3.8) is 0 Å². The van der Waals surface area contributed by atoms with Crippen LogP contribution in [0.15, 0.2) is 46.9 Å². The smallest absolute Gasteiger partial charge is 0.323 e. The number of ether oxygens (including phenoxy) is 2. The average Bonchev–Trinajstić information content (AvgIpc) is 3.11. The summed E-state index contributed by atoms with van der Waals surface area (Å²) in [5.74, 6) is 2.32. The molecule has 0 radical (unpaired) electrons. The zero-order chi connectivity index (χ0) is 17.8. The average molecular weight is 423 g/mol. The zero-order valence-electron chi connectivity index (χ0n) is 14.0. The molecule has 7 heteroatoms. The Kier molecular flexibility index (Phi) is 5.75. The van der Waals surface area contributed by atoms with Crippen molar-refractivity contribution < 1.29 is 14.3 Å². The van der Waals surface area contributed by atoms with Crippen LogP contribution >= 0.6 is 27.7 Å². The van der Waals surface area contributed by atoms with Crippen molar-refractivity contribution in [1.29, 1.82) is 0 Å². The van der Waals surface area contributed by atoms with Crippen molar-refractivity contribution in [2.75, 3.05) is 31.8 Å². The van der Waals surface area contributed by atoms with E-state index in [0.29, 0.717) is 18.0 Å². The molecule has 1 saturated heterocycles. The van der Waals surface area contributed by atoms with Crippen molar-refractivity contribution in [3.8, 4) is 11.5 Å². The van der Waals surface area contributed by atoms with Crippen LogP contribution in [0.3, 0.4) is 0 Å². The number of carbonyl (C=O) groups is 1. The van der Waals surface area contributed by atoms with E-state index in [9.17, 15) is 4.79 Å². The fourth-order valence-electron chi connectivity index (χ4n) is 2.69. The Labute approximate surface area is 159 Å². The molecule has 1 N–H and O–H groups in total. The van der Waals surface area contributed by atoms with Crippen molar-refractivity contribution in [2.24, 2.45) is 0 Å². The van der Waals surface area contributed by atoms with Crippen LogP contribution in [0.2, 0.25) is 0 Å². The van der Waals surface area contributed by atoms with Gasteiger partial charge in [0.1, 0.15) is 16.9 Å². The Balaban J connectivity index is 1.81. The predicted molar refractivity (Wildman–Crippen MR) is 105 cm³/mol. The maximum absolute atomic E-state index is 12.7. The molecule has 0 saturated carbocycles. The second-order valence-corrected chi connectivity index (χ2v) is 7.61. The van der Waals surface area contributed by atoms with E-state index in [2.05, 4.69) is 21.2 Å². The fourth-order valence-corrected chi connectivity index (χ4v) is 4.32. The second kappa shape index (κ2) is 8.01. The molecule has 1 atom stereocenters. The molecule has 1 fully saturated rings. The van der Waals surface area contributed by atoms with Gasteiger partial charge in [0, 0.05) is 28.5 Å². The number of rotatable bonds is 4. The van der Waals surface area contributed by atoms with Gasteiger partial charge in [0.25, 0.3) is 0 Å². The number of nitrogens with one attached hydrogen (secondary N) is 1. The monoisotopic (exact) mass is 422 g/mol. The first-order valence-corrected chi connectivity index (χ1v) is 9.62. The number of methoxy groups -OCH3 is 2. The van der Waals surface area contributed by atoms with E-state index in [1.807, 2.05) is 47.4 Å². The molecule has 3 rings (SSSR count). The van der Waals surface area contributed by atoms with Gasteiger partial charge in [-0.1, -0.05) is 22.0 Å². The number of urea groups is 1. The summed E-state index contributed by atoms with van der Waals surface area (Å²) in [5.41, 5.74) is 1.75. The Hall–Kier alpha value is -1.86. The number of amides is 2. The summed E-state index contributed by atoms with van der Waals surface area (Å²) in [5, 5.41) is 2.89. The third-order valence-corrected chi connectivity index (χ3v) is 5.64. The van der Waals surface area contributed by atoms with E-state index in [1.54, 1.807) is 26.0 Å². The number of hydrogen-bond acceptors (Lipinski definition) is 4. The largest absolute Gasteiger partial charge is 0.497 e. The summed E-state index contributed by atoms with van der Waals surface area (Å²) in [6.45, 7) is 0.689. The Morgan fingerprint density at radius 2 is 1.92 bits per heavy atom. The van der Waals surface area contributed by atoms with Gasteiger partial charge in [-0.3, -0.25) is 0 Å². The van der Waals surface area contributed by atoms with E-state index >= 15 is 0 Å². The number of anilines is 1. The van der Waals surface area contributed by atoms with Crippen LogP contribution < -0.4 is 14.8 Å². The Morgan fingerprint density at radius 3 is 2.56 bits per heavy atom. The highest BCUT2D eigenvalue weighted by molar-refractivity contribution is 9.10. The third kappa shape index (κ3) is 4.22. The van der Waals surface area contributed by atoms with Crippen LogP contribution in [-0.4, -0.2) is 37.4 Å². The lowest BCUT2D eigenvalue weighted by molar-refractivity contribution is 0.214. The lowest BCUT2D eigenvalue weighted by atomic mass is 10.2. The molecule has 132 valence electrons. The Morgan fingerprint density at radius 1 is 1.20 bits per heavy atom. The van der Waals surface area contributed by atoms with Gasteiger partial charge < -0.3 is 19.7 Å². The van der Waals surface area contributed by atoms with Gasteiger partial charge in [-0.15, -0.1) is 11.8 Å². The SMILES string of the molecule is COc1cc(OC)cc(C2SCCN2C(=O)Nc2cccc(Br)c2)c1. The quantitative estimate of drug-likeness (QED) is 0.772. The van der Waals surface area contributed by atoms with Gasteiger partial charge in [0.15, 0.2) is 0 Å². The van der Waals surface area contributed by atoms with Crippen molar-refractivity contribution in [1.82, 2.24) is 4.90 Å². The molecule has 0 aromatic heterocycles. The molecule has 2 aromatic carbocycles. The second-order valence-electron chi connectivity index (χ2n) is 5.50. The van der Waals surface area contributed by atoms with E-state index in [0.717, 1.165) is 21.5 Å². The summed E-state index contributed by atoms with van der Waals surface area (Å²) < 4.78 is 11.6. The maximum atomic E-state index is 12.7. The summed E-state index contributed by atoms with van der Waals surface area (Å²) in [6.07, 6.45) is 0. The Bertz CT molecular complexity index is 749. The zero-order valence-corrected chi connectivity index (χ0v) is 16.4. The summed E-state index contributed by atoms with van der Waals surface area (Å²) in [6, 6.07) is 13.2. The minimum atomic E-state index is -0.116. The standard InChI is InChI=1S/C18H19BrN2O3S/c1-23-15-8-12(9-16(11-15)24-2)17-21(6-7-25-17)18(22)20-14-5-3-4-13(19)10-14/h3-5,8-11,17H,6-7H2,1-2H3,(H,20,22). The molecular weight excluding hydrogens is 404 g/mol. The van der Waals surface area contributed by atoms with Crippen LogP contribution in [-0.2, 0) is 0 Å². The fraction of sp³-hybridized carbons (Fsp3) is 0.278. The van der Waals surface area contributed by atoms with Crippen LogP contribution in [0, 0.1) is 0 Å². The number of thioether (sulfide) groups is 1. The lowest BCUT2D eigenvalue weighted by Crippen LogP contribution is -2.34. The first-order valence-electron chi connectivity index (χ1n) is 7.78. The topological polar surface area (TPSA) is 50.8 Å². The molecule has 2 aromatic rings. The van der Waals surface area contributed by atoms with Crippen molar-refractivity contribution >= 4 is 39.4 Å².